The van der Waals surface area contributed by atoms with Gasteiger partial charge in [-0.05, 0) is 48.4 Å². The Morgan fingerprint density at radius 1 is 0.882 bits per heavy atom. The number of aromatic nitrogens is 1. The minimum Gasteiger partial charge on any atom is -0.481 e. The highest BCUT2D eigenvalue weighted by atomic mass is 16.4. The molecule has 34 heavy (non-hydrogen) atoms. The molecule has 2 amide bonds. The monoisotopic (exact) mass is 455 g/mol. The summed E-state index contributed by atoms with van der Waals surface area (Å²) >= 11 is 0. The number of aryl methyl sites for hydroxylation is 1. The van der Waals surface area contributed by atoms with Crippen molar-refractivity contribution in [3.63, 3.8) is 0 Å². The van der Waals surface area contributed by atoms with Crippen LogP contribution in [-0.4, -0.2) is 27.9 Å². The zero-order valence-electron chi connectivity index (χ0n) is 18.0. The average Bonchev–Trinajstić information content (AvgIpc) is 3.38. The molecule has 0 aliphatic rings. The van der Waals surface area contributed by atoms with E-state index in [1.165, 1.54) is 6.39 Å². The number of hydrogen-bond acceptors (Lipinski definition) is 5. The molecule has 0 aliphatic carbocycles. The van der Waals surface area contributed by atoms with Gasteiger partial charge in [0.15, 0.2) is 12.2 Å². The average molecular weight is 455 g/mol. The van der Waals surface area contributed by atoms with Gasteiger partial charge in [0, 0.05) is 23.2 Å². The van der Waals surface area contributed by atoms with Crippen LogP contribution in [0.2, 0.25) is 0 Å². The third-order valence-electron chi connectivity index (χ3n) is 5.10. The highest BCUT2D eigenvalue weighted by molar-refractivity contribution is 6.12. The number of carbonyl (C=O) groups excluding carboxylic acids is 2. The van der Waals surface area contributed by atoms with Crippen LogP contribution in [0.4, 0.5) is 11.4 Å². The van der Waals surface area contributed by atoms with Crippen molar-refractivity contribution in [1.82, 2.24) is 4.98 Å². The lowest BCUT2D eigenvalue weighted by Crippen LogP contribution is -2.18. The number of para-hydroxylation sites is 1. The first-order valence-corrected chi connectivity index (χ1v) is 10.5. The molecule has 3 aromatic carbocycles. The first-order chi connectivity index (χ1) is 16.5. The fourth-order valence-corrected chi connectivity index (χ4v) is 3.38. The Kier molecular flexibility index (Phi) is 6.78. The third-order valence-corrected chi connectivity index (χ3v) is 5.10. The van der Waals surface area contributed by atoms with Crippen molar-refractivity contribution in [3.05, 3.63) is 102 Å². The van der Waals surface area contributed by atoms with Gasteiger partial charge in [-0.25, -0.2) is 4.98 Å². The van der Waals surface area contributed by atoms with Gasteiger partial charge < -0.3 is 20.2 Å². The third kappa shape index (κ3) is 5.55. The Hall–Kier alpha value is -4.72. The molecule has 0 saturated heterocycles. The van der Waals surface area contributed by atoms with Crippen molar-refractivity contribution in [2.75, 3.05) is 10.6 Å². The smallest absolute Gasteiger partial charge is 0.303 e. The van der Waals surface area contributed by atoms with Crippen molar-refractivity contribution < 1.29 is 23.9 Å². The number of aliphatic carboxylic acids is 1. The predicted molar refractivity (Wildman–Crippen MR) is 127 cm³/mol. The molecule has 0 radical (unpaired) electrons. The Labute approximate surface area is 195 Å². The minimum absolute atomic E-state index is 0.00560. The normalized spacial score (nSPS) is 10.5. The summed E-state index contributed by atoms with van der Waals surface area (Å²) in [6.45, 7) is 0. The molecular weight excluding hydrogens is 434 g/mol. The van der Waals surface area contributed by atoms with E-state index in [9.17, 15) is 14.4 Å². The molecule has 0 fully saturated rings. The summed E-state index contributed by atoms with van der Waals surface area (Å²) < 4.78 is 5.26. The van der Waals surface area contributed by atoms with Gasteiger partial charge in [-0.2, -0.15) is 0 Å². The van der Waals surface area contributed by atoms with Gasteiger partial charge in [0.2, 0.25) is 0 Å². The van der Waals surface area contributed by atoms with Crippen LogP contribution in [0.1, 0.15) is 32.7 Å². The fraction of sp³-hybridized carbons (Fsp3) is 0.0769. The number of carboxylic acids is 1. The van der Waals surface area contributed by atoms with Crippen LogP contribution in [0.5, 0.6) is 0 Å². The molecule has 0 spiro atoms. The second-order valence-electron chi connectivity index (χ2n) is 7.49. The van der Waals surface area contributed by atoms with Gasteiger partial charge in [0.25, 0.3) is 11.8 Å². The molecule has 0 bridgehead atoms. The molecule has 3 N–H and O–H groups in total. The van der Waals surface area contributed by atoms with E-state index in [2.05, 4.69) is 15.6 Å². The Balaban J connectivity index is 1.46. The van der Waals surface area contributed by atoms with Crippen molar-refractivity contribution >= 4 is 29.2 Å². The highest BCUT2D eigenvalue weighted by Crippen LogP contribution is 2.22. The maximum atomic E-state index is 12.9. The minimum atomic E-state index is -0.883. The second-order valence-corrected chi connectivity index (χ2v) is 7.49. The van der Waals surface area contributed by atoms with Crippen molar-refractivity contribution in [3.8, 4) is 11.3 Å². The highest BCUT2D eigenvalue weighted by Gasteiger charge is 2.15. The van der Waals surface area contributed by atoms with Gasteiger partial charge >= 0.3 is 5.97 Å². The van der Waals surface area contributed by atoms with Crippen LogP contribution >= 0.6 is 0 Å². The lowest BCUT2D eigenvalue weighted by Gasteiger charge is -2.12. The molecule has 1 heterocycles. The van der Waals surface area contributed by atoms with E-state index in [4.69, 9.17) is 9.52 Å². The molecule has 0 aliphatic heterocycles. The zero-order valence-corrected chi connectivity index (χ0v) is 18.0. The number of hydrogen-bond donors (Lipinski definition) is 3. The number of carbonyl (C=O) groups is 3. The molecule has 4 aromatic rings. The standard InChI is InChI=1S/C26H21N3O5/c30-24(31)13-8-17-4-3-5-20(14-17)28-26(33)21-6-1-2-7-22(21)29-25(32)19-11-9-18(10-12-19)23-15-27-16-34-23/h1-7,9-12,14-16H,8,13H2,(H,28,33)(H,29,32)(H,30,31). The van der Waals surface area contributed by atoms with Crippen LogP contribution < -0.4 is 10.6 Å². The van der Waals surface area contributed by atoms with Gasteiger partial charge in [0.05, 0.1) is 17.4 Å². The number of nitrogens with zero attached hydrogens (tertiary/aromatic N) is 1. The maximum Gasteiger partial charge on any atom is 0.303 e. The first kappa shape index (κ1) is 22.5. The lowest BCUT2D eigenvalue weighted by molar-refractivity contribution is -0.136. The SMILES string of the molecule is O=C(O)CCc1cccc(NC(=O)c2ccccc2NC(=O)c2ccc(-c3cnco3)cc2)c1. The van der Waals surface area contributed by atoms with Crippen molar-refractivity contribution in [1.29, 1.82) is 0 Å². The van der Waals surface area contributed by atoms with Crippen LogP contribution in [-0.2, 0) is 11.2 Å². The van der Waals surface area contributed by atoms with E-state index in [0.29, 0.717) is 34.7 Å². The summed E-state index contributed by atoms with van der Waals surface area (Å²) in [6.07, 6.45) is 3.29. The number of benzene rings is 3. The first-order valence-electron chi connectivity index (χ1n) is 10.5. The molecule has 4 rings (SSSR count). The topological polar surface area (TPSA) is 122 Å². The van der Waals surface area contributed by atoms with E-state index in [1.807, 2.05) is 0 Å². The van der Waals surface area contributed by atoms with Gasteiger partial charge in [0.1, 0.15) is 0 Å². The van der Waals surface area contributed by atoms with Crippen LogP contribution in [0, 0.1) is 0 Å². The zero-order chi connectivity index (χ0) is 23.9. The van der Waals surface area contributed by atoms with Gasteiger partial charge in [-0.1, -0.05) is 36.4 Å². The molecule has 8 nitrogen and oxygen atoms in total. The molecule has 170 valence electrons. The molecular formula is C26H21N3O5. The number of amides is 2. The van der Waals surface area contributed by atoms with E-state index in [1.54, 1.807) is 79.0 Å². The number of anilines is 2. The van der Waals surface area contributed by atoms with E-state index >= 15 is 0 Å². The van der Waals surface area contributed by atoms with Crippen molar-refractivity contribution in [2.24, 2.45) is 0 Å². The van der Waals surface area contributed by atoms with E-state index in [0.717, 1.165) is 11.1 Å². The van der Waals surface area contributed by atoms with Crippen LogP contribution in [0.3, 0.4) is 0 Å². The Bertz CT molecular complexity index is 1310. The quantitative estimate of drug-likeness (QED) is 0.349. The van der Waals surface area contributed by atoms with E-state index < -0.39 is 11.9 Å². The molecule has 8 heteroatoms. The maximum absolute atomic E-state index is 12.9. The molecule has 0 unspecified atom stereocenters. The fourth-order valence-electron chi connectivity index (χ4n) is 3.38. The lowest BCUT2D eigenvalue weighted by atomic mass is 10.1. The van der Waals surface area contributed by atoms with Crippen LogP contribution in [0.25, 0.3) is 11.3 Å². The van der Waals surface area contributed by atoms with Gasteiger partial charge in [-0.3, -0.25) is 14.4 Å². The summed E-state index contributed by atoms with van der Waals surface area (Å²) in [6, 6.07) is 20.6. The summed E-state index contributed by atoms with van der Waals surface area (Å²) in [5, 5.41) is 14.5. The van der Waals surface area contributed by atoms with Crippen molar-refractivity contribution in [2.45, 2.75) is 12.8 Å². The van der Waals surface area contributed by atoms with Gasteiger partial charge in [-0.15, -0.1) is 0 Å². The molecule has 0 saturated carbocycles. The number of carboxylic acid groups (broad SMARTS) is 1. The van der Waals surface area contributed by atoms with Crippen LogP contribution in [0.15, 0.2) is 89.8 Å². The summed E-state index contributed by atoms with van der Waals surface area (Å²) in [5.41, 5.74) is 3.22. The number of rotatable bonds is 8. The summed E-state index contributed by atoms with van der Waals surface area (Å²) in [5.74, 6) is -1.04. The number of oxazole rings is 1. The second kappa shape index (κ2) is 10.3. The summed E-state index contributed by atoms with van der Waals surface area (Å²) in [4.78, 5) is 40.4. The molecule has 0 atom stereocenters. The predicted octanol–water partition coefficient (Wildman–Crippen LogP) is 4.86. The Morgan fingerprint density at radius 2 is 1.68 bits per heavy atom. The van der Waals surface area contributed by atoms with E-state index in [-0.39, 0.29) is 12.3 Å². The molecule has 1 aromatic heterocycles. The Morgan fingerprint density at radius 3 is 2.41 bits per heavy atom. The summed E-state index contributed by atoms with van der Waals surface area (Å²) in [7, 11) is 0. The largest absolute Gasteiger partial charge is 0.481 e. The number of nitrogens with one attached hydrogen (secondary N) is 2.